The minimum absolute atomic E-state index is 0.129. The third-order valence-electron chi connectivity index (χ3n) is 4.72. The highest BCUT2D eigenvalue weighted by molar-refractivity contribution is 6.35. The van der Waals surface area contributed by atoms with Gasteiger partial charge >= 0.3 is 6.03 Å². The standard InChI is InChI=1S/C16H18Cl2N2O2/c1-10-4-6-16(7-5-10)14(21)20(15(22)19-16)9-11-2-3-12(17)8-13(11)18/h2-3,8,10H,4-7,9H2,1H3,(H,19,22). The van der Waals surface area contributed by atoms with E-state index in [0.29, 0.717) is 28.8 Å². The van der Waals surface area contributed by atoms with Crippen LogP contribution < -0.4 is 5.32 Å². The minimum Gasteiger partial charge on any atom is -0.323 e. The van der Waals surface area contributed by atoms with Gasteiger partial charge in [-0.15, -0.1) is 0 Å². The first-order chi connectivity index (χ1) is 10.4. The molecular weight excluding hydrogens is 323 g/mol. The zero-order valence-electron chi connectivity index (χ0n) is 12.4. The maximum Gasteiger partial charge on any atom is 0.325 e. The molecule has 1 aliphatic heterocycles. The molecule has 0 atom stereocenters. The maximum atomic E-state index is 12.8. The lowest BCUT2D eigenvalue weighted by Gasteiger charge is -2.33. The van der Waals surface area contributed by atoms with Crippen molar-refractivity contribution in [3.63, 3.8) is 0 Å². The van der Waals surface area contributed by atoms with Crippen LogP contribution in [0, 0.1) is 5.92 Å². The number of rotatable bonds is 2. The number of nitrogens with zero attached hydrogens (tertiary/aromatic N) is 1. The van der Waals surface area contributed by atoms with Gasteiger partial charge in [0.05, 0.1) is 6.54 Å². The zero-order valence-corrected chi connectivity index (χ0v) is 13.9. The first kappa shape index (κ1) is 15.6. The zero-order chi connectivity index (χ0) is 15.9. The van der Waals surface area contributed by atoms with Gasteiger partial charge in [-0.2, -0.15) is 0 Å². The van der Waals surface area contributed by atoms with Crippen LogP contribution in [0.4, 0.5) is 4.79 Å². The lowest BCUT2D eigenvalue weighted by molar-refractivity contribution is -0.133. The highest BCUT2D eigenvalue weighted by atomic mass is 35.5. The molecule has 3 amide bonds. The second-order valence-corrected chi connectivity index (χ2v) is 7.17. The van der Waals surface area contributed by atoms with Crippen molar-refractivity contribution in [2.24, 2.45) is 5.92 Å². The number of halogens is 2. The predicted octanol–water partition coefficient (Wildman–Crippen LogP) is 3.99. The number of nitrogens with one attached hydrogen (secondary N) is 1. The SMILES string of the molecule is CC1CCC2(CC1)NC(=O)N(Cc1ccc(Cl)cc1Cl)C2=O. The molecule has 0 unspecified atom stereocenters. The molecule has 6 heteroatoms. The summed E-state index contributed by atoms with van der Waals surface area (Å²) >= 11 is 12.0. The second-order valence-electron chi connectivity index (χ2n) is 6.32. The van der Waals surface area contributed by atoms with E-state index in [1.54, 1.807) is 18.2 Å². The Morgan fingerprint density at radius 1 is 1.27 bits per heavy atom. The molecule has 1 N–H and O–H groups in total. The third-order valence-corrected chi connectivity index (χ3v) is 5.30. The van der Waals surface area contributed by atoms with Crippen molar-refractivity contribution in [3.05, 3.63) is 33.8 Å². The van der Waals surface area contributed by atoms with E-state index in [4.69, 9.17) is 23.2 Å². The van der Waals surface area contributed by atoms with Gasteiger partial charge in [-0.05, 0) is 49.3 Å². The van der Waals surface area contributed by atoms with Gasteiger partial charge in [0.25, 0.3) is 5.91 Å². The monoisotopic (exact) mass is 340 g/mol. The lowest BCUT2D eigenvalue weighted by atomic mass is 9.77. The number of carbonyl (C=O) groups is 2. The van der Waals surface area contributed by atoms with Crippen molar-refractivity contribution in [2.45, 2.75) is 44.7 Å². The Kier molecular flexibility index (Phi) is 4.08. The number of amides is 3. The van der Waals surface area contributed by atoms with Crippen LogP contribution in [0.5, 0.6) is 0 Å². The molecule has 0 radical (unpaired) electrons. The molecule has 2 aliphatic rings. The van der Waals surface area contributed by atoms with E-state index < -0.39 is 5.54 Å². The van der Waals surface area contributed by atoms with Crippen molar-refractivity contribution >= 4 is 35.1 Å². The Balaban J connectivity index is 1.80. The van der Waals surface area contributed by atoms with E-state index in [0.717, 1.165) is 18.4 Å². The molecule has 1 saturated carbocycles. The average molecular weight is 341 g/mol. The summed E-state index contributed by atoms with van der Waals surface area (Å²) in [6, 6.07) is 4.75. The minimum atomic E-state index is -0.706. The Bertz CT molecular complexity index is 625. The van der Waals surface area contributed by atoms with Crippen LogP contribution in [-0.2, 0) is 11.3 Å². The number of urea groups is 1. The van der Waals surface area contributed by atoms with Gasteiger partial charge in [0, 0.05) is 10.0 Å². The van der Waals surface area contributed by atoms with Crippen molar-refractivity contribution in [2.75, 3.05) is 0 Å². The fourth-order valence-electron chi connectivity index (χ4n) is 3.23. The number of benzene rings is 1. The van der Waals surface area contributed by atoms with Crippen molar-refractivity contribution in [3.8, 4) is 0 Å². The summed E-state index contributed by atoms with van der Waals surface area (Å²) in [5, 5.41) is 3.90. The van der Waals surface area contributed by atoms with E-state index in [1.807, 2.05) is 0 Å². The second kappa shape index (κ2) is 5.74. The van der Waals surface area contributed by atoms with Gasteiger partial charge < -0.3 is 5.32 Å². The summed E-state index contributed by atoms with van der Waals surface area (Å²) in [6.45, 7) is 2.36. The van der Waals surface area contributed by atoms with Crippen LogP contribution in [0.1, 0.15) is 38.2 Å². The summed E-state index contributed by atoms with van der Waals surface area (Å²) in [6.07, 6.45) is 3.34. The summed E-state index contributed by atoms with van der Waals surface area (Å²) in [7, 11) is 0. The Hall–Kier alpha value is -1.26. The van der Waals surface area contributed by atoms with Crippen LogP contribution in [0.15, 0.2) is 18.2 Å². The largest absolute Gasteiger partial charge is 0.325 e. The summed E-state index contributed by atoms with van der Waals surface area (Å²) < 4.78 is 0. The lowest BCUT2D eigenvalue weighted by Crippen LogP contribution is -2.49. The molecule has 0 aromatic heterocycles. The van der Waals surface area contributed by atoms with Gasteiger partial charge in [0.1, 0.15) is 5.54 Å². The first-order valence-corrected chi connectivity index (χ1v) is 8.25. The molecule has 1 aromatic rings. The Morgan fingerprint density at radius 2 is 1.95 bits per heavy atom. The number of hydrogen-bond acceptors (Lipinski definition) is 2. The van der Waals surface area contributed by atoms with E-state index in [-0.39, 0.29) is 18.5 Å². The molecule has 3 rings (SSSR count). The molecule has 1 heterocycles. The molecule has 2 fully saturated rings. The summed E-state index contributed by atoms with van der Waals surface area (Å²) in [5.41, 5.74) is 0.0125. The highest BCUT2D eigenvalue weighted by Crippen LogP contribution is 2.37. The first-order valence-electron chi connectivity index (χ1n) is 7.49. The number of carbonyl (C=O) groups excluding carboxylic acids is 2. The van der Waals surface area contributed by atoms with Crippen molar-refractivity contribution in [1.82, 2.24) is 10.2 Å². The van der Waals surface area contributed by atoms with Crippen LogP contribution in [0.2, 0.25) is 10.0 Å². The average Bonchev–Trinajstić information content (AvgIpc) is 2.69. The van der Waals surface area contributed by atoms with Gasteiger partial charge in [-0.3, -0.25) is 9.69 Å². The highest BCUT2D eigenvalue weighted by Gasteiger charge is 2.51. The predicted molar refractivity (Wildman–Crippen MR) is 85.9 cm³/mol. The van der Waals surface area contributed by atoms with Crippen molar-refractivity contribution < 1.29 is 9.59 Å². The molecule has 0 bridgehead atoms. The summed E-state index contributed by atoms with van der Waals surface area (Å²) in [5.74, 6) is 0.477. The molecule has 118 valence electrons. The normalized spacial score (nSPS) is 28.3. The molecule has 1 aliphatic carbocycles. The molecule has 22 heavy (non-hydrogen) atoms. The van der Waals surface area contributed by atoms with Gasteiger partial charge in [0.15, 0.2) is 0 Å². The number of hydrogen-bond donors (Lipinski definition) is 1. The molecular formula is C16H18Cl2N2O2. The fraction of sp³-hybridized carbons (Fsp3) is 0.500. The van der Waals surface area contributed by atoms with Crippen molar-refractivity contribution in [1.29, 1.82) is 0 Å². The van der Waals surface area contributed by atoms with Gasteiger partial charge in [-0.25, -0.2) is 4.79 Å². The van der Waals surface area contributed by atoms with E-state index in [1.165, 1.54) is 4.90 Å². The van der Waals surface area contributed by atoms with E-state index in [9.17, 15) is 9.59 Å². The van der Waals surface area contributed by atoms with E-state index >= 15 is 0 Å². The Labute approximate surface area is 139 Å². The van der Waals surface area contributed by atoms with Crippen LogP contribution >= 0.6 is 23.2 Å². The topological polar surface area (TPSA) is 49.4 Å². The van der Waals surface area contributed by atoms with Gasteiger partial charge in [0.2, 0.25) is 0 Å². The Morgan fingerprint density at radius 3 is 2.59 bits per heavy atom. The van der Waals surface area contributed by atoms with Crippen LogP contribution in [0.3, 0.4) is 0 Å². The fourth-order valence-corrected chi connectivity index (χ4v) is 3.70. The molecule has 4 nitrogen and oxygen atoms in total. The summed E-state index contributed by atoms with van der Waals surface area (Å²) in [4.78, 5) is 26.3. The number of imide groups is 1. The molecule has 1 saturated heterocycles. The van der Waals surface area contributed by atoms with Crippen LogP contribution in [0.25, 0.3) is 0 Å². The van der Waals surface area contributed by atoms with E-state index in [2.05, 4.69) is 12.2 Å². The molecule has 1 spiro atoms. The third kappa shape index (κ3) is 2.70. The van der Waals surface area contributed by atoms with Crippen LogP contribution in [-0.4, -0.2) is 22.4 Å². The van der Waals surface area contributed by atoms with Gasteiger partial charge in [-0.1, -0.05) is 36.2 Å². The quantitative estimate of drug-likeness (QED) is 0.827. The smallest absolute Gasteiger partial charge is 0.323 e. The maximum absolute atomic E-state index is 12.8. The molecule has 1 aromatic carbocycles.